The number of aryl methyl sites for hydroxylation is 1. The van der Waals surface area contributed by atoms with E-state index in [1.807, 2.05) is 12.5 Å². The fourth-order valence-corrected chi connectivity index (χ4v) is 4.93. The zero-order valence-corrected chi connectivity index (χ0v) is 15.6. The van der Waals surface area contributed by atoms with E-state index in [4.69, 9.17) is 0 Å². The summed E-state index contributed by atoms with van der Waals surface area (Å²) in [7, 11) is 4.40. The van der Waals surface area contributed by atoms with E-state index in [0.29, 0.717) is 11.3 Å². The van der Waals surface area contributed by atoms with E-state index in [9.17, 15) is 0 Å². The Kier molecular flexibility index (Phi) is 4.65. The van der Waals surface area contributed by atoms with Gasteiger partial charge >= 0.3 is 0 Å². The molecule has 134 valence electrons. The van der Waals surface area contributed by atoms with Gasteiger partial charge in [0.15, 0.2) is 0 Å². The molecule has 1 atom stereocenters. The highest BCUT2D eigenvalue weighted by Gasteiger charge is 2.41. The molecule has 3 heterocycles. The van der Waals surface area contributed by atoms with Gasteiger partial charge in [0.1, 0.15) is 0 Å². The topological polar surface area (TPSA) is 24.3 Å². The van der Waals surface area contributed by atoms with Gasteiger partial charge in [-0.2, -0.15) is 0 Å². The number of rotatable bonds is 3. The fraction of sp³-hybridized carbons (Fsp3) is 0.571. The first-order valence-electron chi connectivity index (χ1n) is 9.55. The lowest BCUT2D eigenvalue weighted by Crippen LogP contribution is -2.50. The molecule has 2 aromatic rings. The van der Waals surface area contributed by atoms with Crippen molar-refractivity contribution < 1.29 is 0 Å². The Hall–Kier alpha value is -1.65. The zero-order valence-electron chi connectivity index (χ0n) is 15.6. The second kappa shape index (κ2) is 6.93. The molecule has 0 N–H and O–H groups in total. The summed E-state index contributed by atoms with van der Waals surface area (Å²) in [4.78, 5) is 9.43. The van der Waals surface area contributed by atoms with Crippen LogP contribution in [0.5, 0.6) is 0 Å². The molecular weight excluding hydrogens is 308 g/mol. The van der Waals surface area contributed by atoms with Gasteiger partial charge < -0.3 is 9.47 Å². The molecule has 25 heavy (non-hydrogen) atoms. The third-order valence-electron chi connectivity index (χ3n) is 6.31. The number of nitrogens with zero attached hydrogens (tertiary/aromatic N) is 4. The predicted octanol–water partition coefficient (Wildman–Crippen LogP) is 3.12. The van der Waals surface area contributed by atoms with Gasteiger partial charge in [0.2, 0.25) is 0 Å². The van der Waals surface area contributed by atoms with E-state index in [0.717, 1.165) is 6.54 Å². The molecule has 0 unspecified atom stereocenters. The molecule has 2 aliphatic heterocycles. The number of hydrogen-bond donors (Lipinski definition) is 0. The summed E-state index contributed by atoms with van der Waals surface area (Å²) in [5.74, 6) is 0.684. The van der Waals surface area contributed by atoms with Gasteiger partial charge in [0.05, 0.1) is 12.0 Å². The Morgan fingerprint density at radius 1 is 1.12 bits per heavy atom. The first-order chi connectivity index (χ1) is 12.1. The van der Waals surface area contributed by atoms with Crippen molar-refractivity contribution in [1.82, 2.24) is 19.4 Å². The van der Waals surface area contributed by atoms with Gasteiger partial charge in [-0.1, -0.05) is 30.3 Å². The highest BCUT2D eigenvalue weighted by molar-refractivity contribution is 5.21. The number of likely N-dealkylation sites (tertiary alicyclic amines) is 2. The van der Waals surface area contributed by atoms with Crippen molar-refractivity contribution >= 4 is 0 Å². The van der Waals surface area contributed by atoms with Crippen LogP contribution in [-0.2, 0) is 13.6 Å². The molecule has 4 heteroatoms. The zero-order chi connectivity index (χ0) is 17.3. The molecule has 2 saturated heterocycles. The van der Waals surface area contributed by atoms with Crippen LogP contribution in [0.1, 0.15) is 36.4 Å². The van der Waals surface area contributed by atoms with E-state index >= 15 is 0 Å². The predicted molar refractivity (Wildman–Crippen MR) is 101 cm³/mol. The van der Waals surface area contributed by atoms with Crippen molar-refractivity contribution in [2.75, 3.05) is 33.2 Å². The quantitative estimate of drug-likeness (QED) is 0.859. The van der Waals surface area contributed by atoms with Crippen molar-refractivity contribution in [3.8, 4) is 0 Å². The minimum atomic E-state index is 0.496. The van der Waals surface area contributed by atoms with Crippen LogP contribution in [0.2, 0.25) is 0 Å². The summed E-state index contributed by atoms with van der Waals surface area (Å²) in [5.41, 5.74) is 3.33. The second-order valence-corrected chi connectivity index (χ2v) is 8.28. The normalized spacial score (nSPS) is 24.6. The third kappa shape index (κ3) is 3.65. The monoisotopic (exact) mass is 338 g/mol. The Balaban J connectivity index is 1.41. The maximum absolute atomic E-state index is 4.25. The van der Waals surface area contributed by atoms with Crippen molar-refractivity contribution in [3.63, 3.8) is 0 Å². The van der Waals surface area contributed by atoms with Crippen molar-refractivity contribution in [2.24, 2.45) is 12.5 Å². The average Bonchev–Trinajstić information content (AvgIpc) is 3.02. The Morgan fingerprint density at radius 2 is 1.88 bits per heavy atom. The number of imidazole rings is 1. The Morgan fingerprint density at radius 3 is 2.56 bits per heavy atom. The van der Waals surface area contributed by atoms with Gasteiger partial charge in [-0.05, 0) is 56.3 Å². The molecule has 0 amide bonds. The number of hydrogen-bond acceptors (Lipinski definition) is 3. The minimum absolute atomic E-state index is 0.496. The lowest BCUT2D eigenvalue weighted by atomic mass is 9.68. The van der Waals surface area contributed by atoms with Crippen LogP contribution in [0.3, 0.4) is 0 Å². The summed E-state index contributed by atoms with van der Waals surface area (Å²) in [6.45, 7) is 5.91. The highest BCUT2D eigenvalue weighted by atomic mass is 15.2. The molecule has 2 fully saturated rings. The molecular formula is C21H30N4. The molecule has 1 aromatic heterocycles. The third-order valence-corrected chi connectivity index (χ3v) is 6.31. The van der Waals surface area contributed by atoms with Crippen molar-refractivity contribution in [3.05, 3.63) is 54.1 Å². The largest absolute Gasteiger partial charge is 0.337 e. The smallest absolute Gasteiger partial charge is 0.0945 e. The molecule has 1 spiro atoms. The molecule has 0 aliphatic carbocycles. The maximum atomic E-state index is 4.25. The summed E-state index contributed by atoms with van der Waals surface area (Å²) >= 11 is 0. The van der Waals surface area contributed by atoms with Gasteiger partial charge in [-0.15, -0.1) is 0 Å². The molecule has 4 rings (SSSR count). The van der Waals surface area contributed by atoms with Crippen LogP contribution in [0.15, 0.2) is 42.9 Å². The first-order valence-corrected chi connectivity index (χ1v) is 9.55. The van der Waals surface area contributed by atoms with Crippen LogP contribution in [0.4, 0.5) is 0 Å². The van der Waals surface area contributed by atoms with Crippen LogP contribution in [-0.4, -0.2) is 52.6 Å². The molecule has 0 saturated carbocycles. The lowest BCUT2D eigenvalue weighted by molar-refractivity contribution is 0.0213. The second-order valence-electron chi connectivity index (χ2n) is 8.28. The van der Waals surface area contributed by atoms with E-state index in [1.54, 1.807) is 0 Å². The van der Waals surface area contributed by atoms with Gasteiger partial charge in [-0.3, -0.25) is 4.90 Å². The molecule has 1 aromatic carbocycles. The lowest BCUT2D eigenvalue weighted by Gasteiger charge is -2.49. The number of piperidine rings is 2. The van der Waals surface area contributed by atoms with Crippen LogP contribution in [0, 0.1) is 5.41 Å². The minimum Gasteiger partial charge on any atom is -0.337 e. The Labute approximate surface area is 151 Å². The van der Waals surface area contributed by atoms with Gasteiger partial charge in [0.25, 0.3) is 0 Å². The van der Waals surface area contributed by atoms with E-state index in [-0.39, 0.29) is 0 Å². The van der Waals surface area contributed by atoms with Crippen molar-refractivity contribution in [2.45, 2.75) is 31.7 Å². The van der Waals surface area contributed by atoms with Crippen molar-refractivity contribution in [1.29, 1.82) is 0 Å². The molecule has 4 nitrogen and oxygen atoms in total. The summed E-state index contributed by atoms with van der Waals surface area (Å²) in [5, 5.41) is 0. The number of aromatic nitrogens is 2. The van der Waals surface area contributed by atoms with Crippen LogP contribution >= 0.6 is 0 Å². The van der Waals surface area contributed by atoms with E-state index in [2.05, 4.69) is 63.8 Å². The molecule has 0 radical (unpaired) electrons. The van der Waals surface area contributed by atoms with Gasteiger partial charge in [0, 0.05) is 32.9 Å². The molecule has 2 aliphatic rings. The SMILES string of the molecule is CN1C[C@@H](c2ccccc2)CC2(CCN(Cc3cncn3C)CC2)C1. The summed E-state index contributed by atoms with van der Waals surface area (Å²) < 4.78 is 2.14. The number of likely N-dealkylation sites (N-methyl/N-ethyl adjacent to an activating group) is 1. The summed E-state index contributed by atoms with van der Waals surface area (Å²) in [6, 6.07) is 11.1. The van der Waals surface area contributed by atoms with Crippen LogP contribution in [0.25, 0.3) is 0 Å². The van der Waals surface area contributed by atoms with E-state index in [1.165, 1.54) is 56.7 Å². The van der Waals surface area contributed by atoms with E-state index < -0.39 is 0 Å². The first kappa shape index (κ1) is 16.8. The Bertz CT molecular complexity index is 685. The maximum Gasteiger partial charge on any atom is 0.0945 e. The summed E-state index contributed by atoms with van der Waals surface area (Å²) in [6.07, 6.45) is 7.89. The van der Waals surface area contributed by atoms with Gasteiger partial charge in [-0.25, -0.2) is 4.98 Å². The molecule has 0 bridgehead atoms. The standard InChI is InChI=1S/C21H30N4/c1-23-14-19(18-6-4-3-5-7-18)12-21(16-23)8-10-25(11-9-21)15-20-13-22-17-24(20)2/h3-7,13,17,19H,8-12,14-16H2,1-2H3/t19-/m0/s1. The highest BCUT2D eigenvalue weighted by Crippen LogP contribution is 2.44. The van der Waals surface area contributed by atoms with Crippen LogP contribution < -0.4 is 0 Å². The fourth-order valence-electron chi connectivity index (χ4n) is 4.93. The average molecular weight is 338 g/mol. The number of benzene rings is 1.